The van der Waals surface area contributed by atoms with Gasteiger partial charge >= 0.3 is 0 Å². The molecular weight excluding hydrogens is 310 g/mol. The van der Waals surface area contributed by atoms with Crippen molar-refractivity contribution in [1.29, 1.82) is 0 Å². The SMILES string of the molecule is NNc1ncc(Br)c(NCC(O)c2ccccc2)n1. The molecule has 2 aromatic rings. The van der Waals surface area contributed by atoms with E-state index in [4.69, 9.17) is 5.84 Å². The monoisotopic (exact) mass is 323 g/mol. The van der Waals surface area contributed by atoms with Crippen molar-refractivity contribution in [3.63, 3.8) is 0 Å². The van der Waals surface area contributed by atoms with Crippen LogP contribution in [0, 0.1) is 0 Å². The third-order valence-corrected chi connectivity index (χ3v) is 3.10. The van der Waals surface area contributed by atoms with Crippen molar-refractivity contribution in [2.45, 2.75) is 6.10 Å². The van der Waals surface area contributed by atoms with Gasteiger partial charge in [0, 0.05) is 12.7 Å². The third-order valence-electron chi connectivity index (χ3n) is 2.52. The molecule has 0 aliphatic rings. The van der Waals surface area contributed by atoms with Crippen LogP contribution in [0.5, 0.6) is 0 Å². The fraction of sp³-hybridized carbons (Fsp3) is 0.167. The van der Waals surface area contributed by atoms with Crippen LogP contribution in [0.3, 0.4) is 0 Å². The van der Waals surface area contributed by atoms with E-state index in [1.54, 1.807) is 6.20 Å². The lowest BCUT2D eigenvalue weighted by molar-refractivity contribution is 0.191. The summed E-state index contributed by atoms with van der Waals surface area (Å²) in [5, 5.41) is 13.1. The van der Waals surface area contributed by atoms with Gasteiger partial charge in [0.2, 0.25) is 5.95 Å². The first-order valence-electron chi connectivity index (χ1n) is 5.66. The molecule has 0 radical (unpaired) electrons. The molecule has 6 nitrogen and oxygen atoms in total. The average Bonchev–Trinajstić information content (AvgIpc) is 2.47. The molecule has 1 atom stereocenters. The highest BCUT2D eigenvalue weighted by molar-refractivity contribution is 9.10. The summed E-state index contributed by atoms with van der Waals surface area (Å²) < 4.78 is 0.701. The number of nitrogens with zero attached hydrogens (tertiary/aromatic N) is 2. The number of halogens is 1. The topological polar surface area (TPSA) is 96.1 Å². The van der Waals surface area contributed by atoms with E-state index in [9.17, 15) is 5.11 Å². The molecule has 1 unspecified atom stereocenters. The number of hydrogen-bond donors (Lipinski definition) is 4. The lowest BCUT2D eigenvalue weighted by atomic mass is 10.1. The lowest BCUT2D eigenvalue weighted by Crippen LogP contribution is -2.15. The minimum Gasteiger partial charge on any atom is -0.387 e. The Labute approximate surface area is 119 Å². The molecule has 0 saturated heterocycles. The molecule has 0 saturated carbocycles. The van der Waals surface area contributed by atoms with E-state index in [0.717, 1.165) is 5.56 Å². The smallest absolute Gasteiger partial charge is 0.239 e. The molecule has 2 rings (SSSR count). The van der Waals surface area contributed by atoms with Crippen molar-refractivity contribution in [2.75, 3.05) is 17.3 Å². The largest absolute Gasteiger partial charge is 0.387 e. The number of aliphatic hydroxyl groups is 1. The summed E-state index contributed by atoms with van der Waals surface area (Å²) in [4.78, 5) is 8.09. The van der Waals surface area contributed by atoms with Gasteiger partial charge in [-0.3, -0.25) is 5.43 Å². The Hall–Kier alpha value is -1.70. The lowest BCUT2D eigenvalue weighted by Gasteiger charge is -2.13. The maximum absolute atomic E-state index is 10.0. The van der Waals surface area contributed by atoms with Crippen LogP contribution in [0.2, 0.25) is 0 Å². The van der Waals surface area contributed by atoms with Gasteiger partial charge in [-0.1, -0.05) is 30.3 Å². The van der Waals surface area contributed by atoms with E-state index >= 15 is 0 Å². The summed E-state index contributed by atoms with van der Waals surface area (Å²) in [5.41, 5.74) is 3.21. The van der Waals surface area contributed by atoms with Crippen molar-refractivity contribution in [3.05, 3.63) is 46.6 Å². The summed E-state index contributed by atoms with van der Waals surface area (Å²) in [6.07, 6.45) is 0.969. The van der Waals surface area contributed by atoms with E-state index in [1.165, 1.54) is 0 Å². The van der Waals surface area contributed by atoms with Gasteiger partial charge < -0.3 is 10.4 Å². The molecule has 0 fully saturated rings. The molecule has 0 bridgehead atoms. The Morgan fingerprint density at radius 1 is 1.32 bits per heavy atom. The molecule has 100 valence electrons. The Kier molecular flexibility index (Phi) is 4.67. The van der Waals surface area contributed by atoms with Crippen LogP contribution in [0.25, 0.3) is 0 Å². The molecule has 0 amide bonds. The molecule has 5 N–H and O–H groups in total. The number of anilines is 2. The molecule has 0 aliphatic carbocycles. The Bertz CT molecular complexity index is 537. The van der Waals surface area contributed by atoms with E-state index in [-0.39, 0.29) is 0 Å². The normalized spacial score (nSPS) is 11.9. The van der Waals surface area contributed by atoms with E-state index in [0.29, 0.717) is 22.8 Å². The van der Waals surface area contributed by atoms with E-state index in [2.05, 4.69) is 36.6 Å². The molecule has 19 heavy (non-hydrogen) atoms. The maximum Gasteiger partial charge on any atom is 0.239 e. The fourth-order valence-corrected chi connectivity index (χ4v) is 1.88. The highest BCUT2D eigenvalue weighted by Crippen LogP contribution is 2.21. The highest BCUT2D eigenvalue weighted by Gasteiger charge is 2.09. The second-order valence-electron chi connectivity index (χ2n) is 3.84. The van der Waals surface area contributed by atoms with Crippen molar-refractivity contribution < 1.29 is 5.11 Å². The number of aromatic nitrogens is 2. The van der Waals surface area contributed by atoms with Gasteiger partial charge in [0.25, 0.3) is 0 Å². The number of nitrogens with one attached hydrogen (secondary N) is 2. The summed E-state index contributed by atoms with van der Waals surface area (Å²) in [6.45, 7) is 0.337. The number of nitrogens with two attached hydrogens (primary N) is 1. The number of benzene rings is 1. The fourth-order valence-electron chi connectivity index (χ4n) is 1.55. The number of hydrogen-bond acceptors (Lipinski definition) is 6. The van der Waals surface area contributed by atoms with Crippen molar-refractivity contribution >= 4 is 27.7 Å². The number of rotatable bonds is 5. The van der Waals surface area contributed by atoms with Crippen molar-refractivity contribution in [3.8, 4) is 0 Å². The van der Waals surface area contributed by atoms with Gasteiger partial charge in [0.15, 0.2) is 0 Å². The van der Waals surface area contributed by atoms with Crippen LogP contribution < -0.4 is 16.6 Å². The first-order valence-corrected chi connectivity index (χ1v) is 6.46. The standard InChI is InChI=1S/C12H14BrN5O/c13-9-6-16-12(18-14)17-11(9)15-7-10(19)8-4-2-1-3-5-8/h1-6,10,19H,7,14H2,(H2,15,16,17,18). The number of aliphatic hydroxyl groups excluding tert-OH is 1. The molecule has 7 heteroatoms. The second kappa shape index (κ2) is 6.46. The van der Waals surface area contributed by atoms with Crippen molar-refractivity contribution in [1.82, 2.24) is 9.97 Å². The highest BCUT2D eigenvalue weighted by atomic mass is 79.9. The maximum atomic E-state index is 10.0. The Morgan fingerprint density at radius 3 is 2.74 bits per heavy atom. The van der Waals surface area contributed by atoms with Gasteiger partial charge in [0.05, 0.1) is 10.6 Å². The van der Waals surface area contributed by atoms with Crippen LogP contribution in [0.1, 0.15) is 11.7 Å². The van der Waals surface area contributed by atoms with Crippen LogP contribution >= 0.6 is 15.9 Å². The predicted octanol–water partition coefficient (Wildman–Crippen LogP) is 1.67. The van der Waals surface area contributed by atoms with Crippen LogP contribution in [-0.4, -0.2) is 21.6 Å². The zero-order valence-corrected chi connectivity index (χ0v) is 11.6. The first kappa shape index (κ1) is 13.7. The van der Waals surface area contributed by atoms with Crippen LogP contribution in [0.15, 0.2) is 41.0 Å². The number of hydrazine groups is 1. The molecule has 1 aromatic heterocycles. The number of nitrogen functional groups attached to an aromatic ring is 1. The zero-order valence-electron chi connectivity index (χ0n) is 10.0. The first-order chi connectivity index (χ1) is 9.20. The quantitative estimate of drug-likeness (QED) is 0.494. The molecule has 1 heterocycles. The van der Waals surface area contributed by atoms with Gasteiger partial charge in [-0.15, -0.1) is 0 Å². The average molecular weight is 324 g/mol. The predicted molar refractivity (Wildman–Crippen MR) is 77.4 cm³/mol. The summed E-state index contributed by atoms with van der Waals surface area (Å²) in [6, 6.07) is 9.41. The third kappa shape index (κ3) is 3.63. The van der Waals surface area contributed by atoms with E-state index in [1.807, 2.05) is 30.3 Å². The van der Waals surface area contributed by atoms with Gasteiger partial charge in [0.1, 0.15) is 5.82 Å². The van der Waals surface area contributed by atoms with Gasteiger partial charge in [-0.2, -0.15) is 4.98 Å². The Morgan fingerprint density at radius 2 is 2.05 bits per heavy atom. The van der Waals surface area contributed by atoms with Crippen LogP contribution in [0.4, 0.5) is 11.8 Å². The summed E-state index contributed by atoms with van der Waals surface area (Å²) >= 11 is 3.33. The van der Waals surface area contributed by atoms with Gasteiger partial charge in [-0.25, -0.2) is 10.8 Å². The Balaban J connectivity index is 2.02. The minimum absolute atomic E-state index is 0.305. The minimum atomic E-state index is -0.614. The molecule has 0 spiro atoms. The van der Waals surface area contributed by atoms with Crippen LogP contribution in [-0.2, 0) is 0 Å². The second-order valence-corrected chi connectivity index (χ2v) is 4.70. The van der Waals surface area contributed by atoms with Crippen molar-refractivity contribution in [2.24, 2.45) is 5.84 Å². The zero-order chi connectivity index (χ0) is 13.7. The van der Waals surface area contributed by atoms with Gasteiger partial charge in [-0.05, 0) is 21.5 Å². The molecule has 0 aliphatic heterocycles. The summed E-state index contributed by atoms with van der Waals surface area (Å²) in [7, 11) is 0. The molecule has 1 aromatic carbocycles. The van der Waals surface area contributed by atoms with E-state index < -0.39 is 6.10 Å². The molecular formula is C12H14BrN5O. The summed E-state index contributed by atoms with van der Waals surface area (Å²) in [5.74, 6) is 6.12.